The Morgan fingerprint density at radius 2 is 1.35 bits per heavy atom. The number of aryl methyl sites for hydroxylation is 1. The molecule has 17 heavy (non-hydrogen) atoms. The van der Waals surface area contributed by atoms with E-state index >= 15 is 0 Å². The van der Waals surface area contributed by atoms with Crippen molar-refractivity contribution < 1.29 is 0 Å². The van der Waals surface area contributed by atoms with E-state index in [-0.39, 0.29) is 0 Å². The first-order chi connectivity index (χ1) is 8.00. The molecule has 4 heteroatoms. The molecule has 0 amide bonds. The Balaban J connectivity index is 2.64. The van der Waals surface area contributed by atoms with Crippen LogP contribution in [0.2, 0.25) is 0 Å². The van der Waals surface area contributed by atoms with E-state index in [2.05, 4.69) is 0 Å². The van der Waals surface area contributed by atoms with E-state index in [0.29, 0.717) is 22.7 Å². The summed E-state index contributed by atoms with van der Waals surface area (Å²) in [5.41, 5.74) is 27.9. The normalized spacial score (nSPS) is 10.4. The highest BCUT2D eigenvalue weighted by molar-refractivity contribution is 5.96. The van der Waals surface area contributed by atoms with Crippen molar-refractivity contribution in [3.8, 4) is 11.1 Å². The fourth-order valence-electron chi connectivity index (χ4n) is 1.73. The van der Waals surface area contributed by atoms with Crippen LogP contribution in [0.5, 0.6) is 0 Å². The molecular formula is C13H16N4. The molecule has 0 aliphatic carbocycles. The van der Waals surface area contributed by atoms with Crippen LogP contribution in [-0.2, 0) is 0 Å². The van der Waals surface area contributed by atoms with E-state index < -0.39 is 0 Å². The second kappa shape index (κ2) is 3.90. The lowest BCUT2D eigenvalue weighted by atomic mass is 10.00. The van der Waals surface area contributed by atoms with Gasteiger partial charge in [0.25, 0.3) is 0 Å². The van der Waals surface area contributed by atoms with Gasteiger partial charge in [-0.2, -0.15) is 0 Å². The van der Waals surface area contributed by atoms with E-state index in [1.165, 1.54) is 5.56 Å². The lowest BCUT2D eigenvalue weighted by molar-refractivity contribution is 1.47. The molecule has 0 saturated heterocycles. The Bertz CT molecular complexity index is 559. The summed E-state index contributed by atoms with van der Waals surface area (Å²) in [6.07, 6.45) is 0. The molecule has 8 N–H and O–H groups in total. The topological polar surface area (TPSA) is 104 Å². The highest BCUT2D eigenvalue weighted by Gasteiger charge is 2.11. The molecule has 0 aromatic heterocycles. The summed E-state index contributed by atoms with van der Waals surface area (Å²) in [6, 6.07) is 9.74. The number of hydrogen-bond acceptors (Lipinski definition) is 4. The molecule has 2 rings (SSSR count). The maximum absolute atomic E-state index is 5.96. The smallest absolute Gasteiger partial charge is 0.0809 e. The third kappa shape index (κ3) is 1.85. The largest absolute Gasteiger partial charge is 0.397 e. The lowest BCUT2D eigenvalue weighted by Crippen LogP contribution is -2.05. The molecule has 4 nitrogen and oxygen atoms in total. The number of nitrogens with two attached hydrogens (primary N) is 4. The van der Waals surface area contributed by atoms with E-state index in [9.17, 15) is 0 Å². The Morgan fingerprint density at radius 1 is 0.765 bits per heavy atom. The summed E-state index contributed by atoms with van der Waals surface area (Å²) >= 11 is 0. The van der Waals surface area contributed by atoms with Gasteiger partial charge in [-0.25, -0.2) is 0 Å². The fourth-order valence-corrected chi connectivity index (χ4v) is 1.73. The van der Waals surface area contributed by atoms with Gasteiger partial charge < -0.3 is 22.9 Å². The minimum atomic E-state index is 0.346. The minimum absolute atomic E-state index is 0.346. The Labute approximate surface area is 100 Å². The van der Waals surface area contributed by atoms with E-state index in [1.54, 1.807) is 6.07 Å². The van der Waals surface area contributed by atoms with Crippen LogP contribution in [-0.4, -0.2) is 0 Å². The zero-order chi connectivity index (χ0) is 12.6. The van der Waals surface area contributed by atoms with Gasteiger partial charge in [0.2, 0.25) is 0 Å². The van der Waals surface area contributed by atoms with Crippen molar-refractivity contribution in [1.29, 1.82) is 0 Å². The maximum atomic E-state index is 5.96. The van der Waals surface area contributed by atoms with Crippen molar-refractivity contribution in [2.24, 2.45) is 0 Å². The standard InChI is InChI=1S/C13H16N4/c1-7-2-4-8(5-3-7)9-6-10(14)12(16)13(17)11(9)15/h2-6H,14-17H2,1H3. The molecule has 2 aromatic rings. The van der Waals surface area contributed by atoms with Crippen LogP contribution in [0, 0.1) is 6.92 Å². The number of benzene rings is 2. The molecule has 0 radical (unpaired) electrons. The van der Waals surface area contributed by atoms with Crippen molar-refractivity contribution in [1.82, 2.24) is 0 Å². The van der Waals surface area contributed by atoms with Gasteiger partial charge in [0.05, 0.1) is 22.7 Å². The van der Waals surface area contributed by atoms with Crippen molar-refractivity contribution in [2.45, 2.75) is 6.92 Å². The second-order valence-electron chi connectivity index (χ2n) is 4.12. The Morgan fingerprint density at radius 3 is 1.94 bits per heavy atom. The van der Waals surface area contributed by atoms with Crippen LogP contribution in [0.4, 0.5) is 22.7 Å². The zero-order valence-corrected chi connectivity index (χ0v) is 9.70. The van der Waals surface area contributed by atoms with Gasteiger partial charge in [0, 0.05) is 5.56 Å². The summed E-state index contributed by atoms with van der Waals surface area (Å²) in [5.74, 6) is 0. The molecule has 2 aromatic carbocycles. The molecule has 0 spiro atoms. The Kier molecular flexibility index (Phi) is 2.55. The first-order valence-corrected chi connectivity index (χ1v) is 5.30. The van der Waals surface area contributed by atoms with Gasteiger partial charge in [-0.05, 0) is 18.6 Å². The van der Waals surface area contributed by atoms with Crippen molar-refractivity contribution in [3.05, 3.63) is 35.9 Å². The van der Waals surface area contributed by atoms with Gasteiger partial charge in [-0.15, -0.1) is 0 Å². The predicted octanol–water partition coefficient (Wildman–Crippen LogP) is 1.99. The highest BCUT2D eigenvalue weighted by atomic mass is 14.8. The molecule has 0 fully saturated rings. The minimum Gasteiger partial charge on any atom is -0.397 e. The molecular weight excluding hydrogens is 212 g/mol. The van der Waals surface area contributed by atoms with Crippen molar-refractivity contribution in [3.63, 3.8) is 0 Å². The van der Waals surface area contributed by atoms with Crippen LogP contribution in [0.25, 0.3) is 11.1 Å². The van der Waals surface area contributed by atoms with E-state index in [4.69, 9.17) is 22.9 Å². The summed E-state index contributed by atoms with van der Waals surface area (Å²) in [4.78, 5) is 0. The molecule has 88 valence electrons. The van der Waals surface area contributed by atoms with Crippen LogP contribution in [0.15, 0.2) is 30.3 Å². The second-order valence-corrected chi connectivity index (χ2v) is 4.12. The lowest BCUT2D eigenvalue weighted by Gasteiger charge is -2.13. The van der Waals surface area contributed by atoms with Gasteiger partial charge in [0.1, 0.15) is 0 Å². The average molecular weight is 228 g/mol. The van der Waals surface area contributed by atoms with Gasteiger partial charge >= 0.3 is 0 Å². The summed E-state index contributed by atoms with van der Waals surface area (Å²) in [6.45, 7) is 2.03. The van der Waals surface area contributed by atoms with Crippen LogP contribution in [0.1, 0.15) is 5.56 Å². The van der Waals surface area contributed by atoms with Gasteiger partial charge in [-0.1, -0.05) is 29.8 Å². The molecule has 0 aliphatic heterocycles. The van der Waals surface area contributed by atoms with Crippen molar-refractivity contribution in [2.75, 3.05) is 22.9 Å². The predicted molar refractivity (Wildman–Crippen MR) is 74.3 cm³/mol. The molecule has 0 bridgehead atoms. The van der Waals surface area contributed by atoms with E-state index in [1.807, 2.05) is 31.2 Å². The zero-order valence-electron chi connectivity index (χ0n) is 9.70. The molecule has 0 unspecified atom stereocenters. The third-order valence-corrected chi connectivity index (χ3v) is 2.84. The van der Waals surface area contributed by atoms with Gasteiger partial charge in [0.15, 0.2) is 0 Å². The summed E-state index contributed by atoms with van der Waals surface area (Å²) in [5, 5.41) is 0. The first kappa shape index (κ1) is 11.1. The third-order valence-electron chi connectivity index (χ3n) is 2.84. The van der Waals surface area contributed by atoms with Crippen molar-refractivity contribution >= 4 is 22.7 Å². The Hall–Kier alpha value is -2.36. The maximum Gasteiger partial charge on any atom is 0.0809 e. The number of hydrogen-bond donors (Lipinski definition) is 4. The monoisotopic (exact) mass is 228 g/mol. The number of nitrogen functional groups attached to an aromatic ring is 4. The number of rotatable bonds is 1. The van der Waals surface area contributed by atoms with Crippen LogP contribution >= 0.6 is 0 Å². The van der Waals surface area contributed by atoms with Crippen LogP contribution in [0.3, 0.4) is 0 Å². The first-order valence-electron chi connectivity index (χ1n) is 5.30. The van der Waals surface area contributed by atoms with Crippen LogP contribution < -0.4 is 22.9 Å². The summed E-state index contributed by atoms with van der Waals surface area (Å²) in [7, 11) is 0. The average Bonchev–Trinajstić information content (AvgIpc) is 2.32. The molecule has 0 saturated carbocycles. The summed E-state index contributed by atoms with van der Waals surface area (Å²) < 4.78 is 0. The highest BCUT2D eigenvalue weighted by Crippen LogP contribution is 2.37. The molecule has 0 atom stereocenters. The fraction of sp³-hybridized carbons (Fsp3) is 0.0769. The SMILES string of the molecule is Cc1ccc(-c2cc(N)c(N)c(N)c2N)cc1. The quantitative estimate of drug-likeness (QED) is 0.560. The molecule has 0 aliphatic rings. The van der Waals surface area contributed by atoms with Gasteiger partial charge in [-0.3, -0.25) is 0 Å². The molecule has 0 heterocycles. The van der Waals surface area contributed by atoms with E-state index in [0.717, 1.165) is 11.1 Å². The number of anilines is 4.